The van der Waals surface area contributed by atoms with Crippen LogP contribution >= 0.6 is 0 Å². The Bertz CT molecular complexity index is 503. The molecule has 0 aromatic carbocycles. The second kappa shape index (κ2) is 8.10. The Morgan fingerprint density at radius 1 is 1.30 bits per heavy atom. The molecule has 106 valence electrons. The van der Waals surface area contributed by atoms with Crippen LogP contribution in [0.3, 0.4) is 0 Å². The van der Waals surface area contributed by atoms with Crippen LogP contribution in [-0.4, -0.2) is 12.1 Å². The summed E-state index contributed by atoms with van der Waals surface area (Å²) in [6.07, 6.45) is 13.0. The molecule has 1 aliphatic carbocycles. The maximum atomic E-state index is 11.9. The van der Waals surface area contributed by atoms with E-state index < -0.39 is 0 Å². The number of allylic oxidation sites excluding steroid dienone is 4. The average Bonchev–Trinajstić information content (AvgIpc) is 3.25. The van der Waals surface area contributed by atoms with Crippen molar-refractivity contribution >= 4 is 12.1 Å². The molecule has 3 nitrogen and oxygen atoms in total. The van der Waals surface area contributed by atoms with Crippen LogP contribution in [-0.2, 0) is 4.79 Å². The lowest BCUT2D eigenvalue weighted by atomic mass is 10.1. The van der Waals surface area contributed by atoms with Crippen molar-refractivity contribution in [2.75, 3.05) is 0 Å². The normalized spacial score (nSPS) is 16.7. The molecule has 0 aliphatic heterocycles. The maximum Gasteiger partial charge on any atom is 0.257 e. The van der Waals surface area contributed by atoms with Gasteiger partial charge in [-0.15, -0.1) is 0 Å². The van der Waals surface area contributed by atoms with Crippen LogP contribution < -0.4 is 5.32 Å². The number of amides is 1. The molecule has 3 heteroatoms. The van der Waals surface area contributed by atoms with Gasteiger partial charge in [0.1, 0.15) is 0 Å². The molecule has 0 aromatic rings. The fourth-order valence-corrected chi connectivity index (χ4v) is 1.70. The van der Waals surface area contributed by atoms with E-state index in [1.54, 1.807) is 13.1 Å². The Hall–Kier alpha value is -2.16. The highest BCUT2D eigenvalue weighted by atomic mass is 16.1. The number of carbonyl (C=O) groups is 1. The van der Waals surface area contributed by atoms with Crippen molar-refractivity contribution in [3.63, 3.8) is 0 Å². The van der Waals surface area contributed by atoms with Gasteiger partial charge in [0, 0.05) is 18.1 Å². The quantitative estimate of drug-likeness (QED) is 0.428. The SMILES string of the molecule is C=C/C(=C\N=C/C)C(=O)NC(=C)/C=C\C(=C/C)C1CC1. The Balaban J connectivity index is 2.58. The summed E-state index contributed by atoms with van der Waals surface area (Å²) in [5.74, 6) is 0.427. The fourth-order valence-electron chi connectivity index (χ4n) is 1.70. The fraction of sp³-hybridized carbons (Fsp3) is 0.294. The Morgan fingerprint density at radius 3 is 2.50 bits per heavy atom. The predicted molar refractivity (Wildman–Crippen MR) is 85.3 cm³/mol. The highest BCUT2D eigenvalue weighted by Crippen LogP contribution is 2.36. The van der Waals surface area contributed by atoms with Gasteiger partial charge >= 0.3 is 0 Å². The first-order chi connectivity index (χ1) is 9.62. The first-order valence-corrected chi connectivity index (χ1v) is 6.77. The van der Waals surface area contributed by atoms with Crippen molar-refractivity contribution in [3.05, 3.63) is 60.5 Å². The molecule has 0 aromatic heterocycles. The van der Waals surface area contributed by atoms with Gasteiger partial charge in [0.15, 0.2) is 0 Å². The van der Waals surface area contributed by atoms with E-state index in [0.29, 0.717) is 17.2 Å². The van der Waals surface area contributed by atoms with Crippen LogP contribution in [0.5, 0.6) is 0 Å². The maximum absolute atomic E-state index is 11.9. The summed E-state index contributed by atoms with van der Waals surface area (Å²) in [4.78, 5) is 15.8. The Kier molecular flexibility index (Phi) is 6.44. The van der Waals surface area contributed by atoms with E-state index in [1.165, 1.54) is 30.7 Å². The van der Waals surface area contributed by atoms with Crippen molar-refractivity contribution in [1.82, 2.24) is 5.32 Å². The third kappa shape index (κ3) is 5.22. The zero-order valence-electron chi connectivity index (χ0n) is 12.2. The smallest absolute Gasteiger partial charge is 0.257 e. The van der Waals surface area contributed by atoms with E-state index in [0.717, 1.165) is 0 Å². The van der Waals surface area contributed by atoms with Crippen molar-refractivity contribution in [3.8, 4) is 0 Å². The number of aliphatic imine (C=N–C) groups is 1. The first-order valence-electron chi connectivity index (χ1n) is 6.77. The summed E-state index contributed by atoms with van der Waals surface area (Å²) in [7, 11) is 0. The molecule has 1 saturated carbocycles. The number of hydrogen-bond acceptors (Lipinski definition) is 2. The molecule has 1 rings (SSSR count). The minimum atomic E-state index is -0.256. The van der Waals surface area contributed by atoms with Crippen LogP contribution in [0.15, 0.2) is 65.5 Å². The van der Waals surface area contributed by atoms with E-state index in [1.807, 2.05) is 19.1 Å². The third-order valence-corrected chi connectivity index (χ3v) is 2.98. The van der Waals surface area contributed by atoms with Gasteiger partial charge in [-0.05, 0) is 44.3 Å². The minimum absolute atomic E-state index is 0.256. The van der Waals surface area contributed by atoms with Crippen LogP contribution in [0.1, 0.15) is 26.7 Å². The monoisotopic (exact) mass is 270 g/mol. The molecule has 0 radical (unpaired) electrons. The molecule has 0 saturated heterocycles. The lowest BCUT2D eigenvalue weighted by molar-refractivity contribution is -0.116. The molecule has 0 atom stereocenters. The summed E-state index contributed by atoms with van der Waals surface area (Å²) in [6, 6.07) is 0. The van der Waals surface area contributed by atoms with Gasteiger partial charge in [0.05, 0.1) is 5.57 Å². The van der Waals surface area contributed by atoms with Gasteiger partial charge in [0.2, 0.25) is 0 Å². The average molecular weight is 270 g/mol. The van der Waals surface area contributed by atoms with E-state index in [4.69, 9.17) is 0 Å². The number of rotatable bonds is 7. The summed E-state index contributed by atoms with van der Waals surface area (Å²) >= 11 is 0. The van der Waals surface area contributed by atoms with Gasteiger partial charge in [-0.3, -0.25) is 9.79 Å². The summed E-state index contributed by atoms with van der Waals surface area (Å²) in [5.41, 5.74) is 2.27. The number of carbonyl (C=O) groups excluding carboxylic acids is 1. The van der Waals surface area contributed by atoms with Gasteiger partial charge < -0.3 is 5.32 Å². The molecule has 0 heterocycles. The van der Waals surface area contributed by atoms with E-state index in [-0.39, 0.29) is 5.91 Å². The van der Waals surface area contributed by atoms with Gasteiger partial charge in [0.25, 0.3) is 5.91 Å². The lowest BCUT2D eigenvalue weighted by Gasteiger charge is -2.05. The molecule has 0 unspecified atom stereocenters. The van der Waals surface area contributed by atoms with Crippen LogP contribution in [0.4, 0.5) is 0 Å². The van der Waals surface area contributed by atoms with Crippen molar-refractivity contribution < 1.29 is 4.79 Å². The summed E-state index contributed by atoms with van der Waals surface area (Å²) < 4.78 is 0. The molecule has 20 heavy (non-hydrogen) atoms. The molecule has 0 bridgehead atoms. The van der Waals surface area contributed by atoms with Crippen LogP contribution in [0, 0.1) is 5.92 Å². The zero-order valence-corrected chi connectivity index (χ0v) is 12.2. The second-order valence-electron chi connectivity index (χ2n) is 4.57. The summed E-state index contributed by atoms with van der Waals surface area (Å²) in [5, 5.41) is 2.72. The minimum Gasteiger partial charge on any atom is -0.323 e. The lowest BCUT2D eigenvalue weighted by Crippen LogP contribution is -2.22. The van der Waals surface area contributed by atoms with Gasteiger partial charge in [-0.25, -0.2) is 0 Å². The topological polar surface area (TPSA) is 41.5 Å². The number of nitrogens with zero attached hydrogens (tertiary/aromatic N) is 1. The molecule has 1 aliphatic rings. The van der Waals surface area contributed by atoms with Gasteiger partial charge in [-0.1, -0.05) is 31.4 Å². The highest BCUT2D eigenvalue weighted by molar-refractivity contribution is 5.97. The standard InChI is InChI=1S/C17H22N2O/c1-5-14(16-10-11-16)9-8-13(4)19-17(20)15(6-2)12-18-7-3/h5-9,12,16H,2,4,10-11H2,1,3H3,(H,19,20)/b9-8-,14-5+,15-12+,18-7-. The second-order valence-corrected chi connectivity index (χ2v) is 4.57. The van der Waals surface area contributed by atoms with Crippen LogP contribution in [0.2, 0.25) is 0 Å². The van der Waals surface area contributed by atoms with Gasteiger partial charge in [-0.2, -0.15) is 0 Å². The van der Waals surface area contributed by atoms with Crippen LogP contribution in [0.25, 0.3) is 0 Å². The molecule has 0 spiro atoms. The Morgan fingerprint density at radius 2 is 2.00 bits per heavy atom. The molecule has 1 amide bonds. The zero-order chi connectivity index (χ0) is 15.0. The van der Waals surface area contributed by atoms with Crippen molar-refractivity contribution in [2.24, 2.45) is 10.9 Å². The van der Waals surface area contributed by atoms with E-state index in [2.05, 4.69) is 29.5 Å². The number of nitrogens with one attached hydrogen (secondary N) is 1. The number of hydrogen-bond donors (Lipinski definition) is 1. The highest BCUT2D eigenvalue weighted by Gasteiger charge is 2.23. The summed E-state index contributed by atoms with van der Waals surface area (Å²) in [6.45, 7) is 11.2. The predicted octanol–water partition coefficient (Wildman–Crippen LogP) is 3.69. The molecular formula is C17H22N2O. The molecule has 1 N–H and O–H groups in total. The van der Waals surface area contributed by atoms with E-state index >= 15 is 0 Å². The molecular weight excluding hydrogens is 248 g/mol. The largest absolute Gasteiger partial charge is 0.323 e. The Labute approximate surface area is 121 Å². The van der Waals surface area contributed by atoms with E-state index in [9.17, 15) is 4.79 Å². The third-order valence-electron chi connectivity index (χ3n) is 2.98. The molecule has 1 fully saturated rings. The van der Waals surface area contributed by atoms with Crippen molar-refractivity contribution in [1.29, 1.82) is 0 Å². The first kappa shape index (κ1) is 15.9. The van der Waals surface area contributed by atoms with Crippen molar-refractivity contribution in [2.45, 2.75) is 26.7 Å².